The molecule has 0 aliphatic heterocycles. The van der Waals surface area contributed by atoms with Gasteiger partial charge in [0.2, 0.25) is 5.91 Å². The summed E-state index contributed by atoms with van der Waals surface area (Å²) in [4.78, 5) is 12.0. The maximum absolute atomic E-state index is 12.9. The highest BCUT2D eigenvalue weighted by Crippen LogP contribution is 2.20. The maximum Gasteiger partial charge on any atom is 0.226 e. The third-order valence-corrected chi connectivity index (χ3v) is 3.68. The molecule has 0 fully saturated rings. The Morgan fingerprint density at radius 1 is 1.16 bits per heavy atom. The molecule has 6 heteroatoms. The third kappa shape index (κ3) is 4.44. The van der Waals surface area contributed by atoms with Gasteiger partial charge in [-0.2, -0.15) is 0 Å². The molecular formula is C19H17FN2O3. The van der Waals surface area contributed by atoms with Crippen LogP contribution < -0.4 is 10.1 Å². The van der Waals surface area contributed by atoms with E-state index in [0.29, 0.717) is 23.6 Å². The quantitative estimate of drug-likeness (QED) is 0.747. The number of carbonyl (C=O) groups is 1. The van der Waals surface area contributed by atoms with Crippen molar-refractivity contribution in [2.45, 2.75) is 13.0 Å². The van der Waals surface area contributed by atoms with Crippen molar-refractivity contribution in [3.63, 3.8) is 0 Å². The molecule has 128 valence electrons. The van der Waals surface area contributed by atoms with Gasteiger partial charge < -0.3 is 14.6 Å². The van der Waals surface area contributed by atoms with Crippen LogP contribution in [0.25, 0.3) is 11.3 Å². The molecule has 0 bridgehead atoms. The minimum absolute atomic E-state index is 0.112. The zero-order valence-corrected chi connectivity index (χ0v) is 13.7. The molecule has 1 amide bonds. The third-order valence-electron chi connectivity index (χ3n) is 3.68. The van der Waals surface area contributed by atoms with E-state index in [1.165, 1.54) is 12.1 Å². The fourth-order valence-corrected chi connectivity index (χ4v) is 2.32. The lowest BCUT2D eigenvalue weighted by atomic mass is 10.1. The first-order chi connectivity index (χ1) is 12.1. The average molecular weight is 340 g/mol. The van der Waals surface area contributed by atoms with E-state index < -0.39 is 0 Å². The summed E-state index contributed by atoms with van der Waals surface area (Å²) in [5, 5.41) is 6.72. The normalized spacial score (nSPS) is 10.5. The first-order valence-electron chi connectivity index (χ1n) is 7.75. The smallest absolute Gasteiger partial charge is 0.226 e. The van der Waals surface area contributed by atoms with Crippen molar-refractivity contribution in [2.24, 2.45) is 0 Å². The number of amides is 1. The topological polar surface area (TPSA) is 64.4 Å². The summed E-state index contributed by atoms with van der Waals surface area (Å²) in [5.41, 5.74) is 2.20. The van der Waals surface area contributed by atoms with Crippen LogP contribution in [-0.2, 0) is 17.8 Å². The van der Waals surface area contributed by atoms with Gasteiger partial charge in [0, 0.05) is 18.2 Å². The second-order valence-electron chi connectivity index (χ2n) is 5.49. The minimum atomic E-state index is -0.318. The first-order valence-corrected chi connectivity index (χ1v) is 7.75. The number of carbonyl (C=O) groups excluding carboxylic acids is 1. The highest BCUT2D eigenvalue weighted by Gasteiger charge is 2.11. The zero-order chi connectivity index (χ0) is 17.6. The second-order valence-corrected chi connectivity index (χ2v) is 5.49. The van der Waals surface area contributed by atoms with Crippen molar-refractivity contribution < 1.29 is 18.4 Å². The summed E-state index contributed by atoms with van der Waals surface area (Å²) in [6.07, 6.45) is 0.112. The predicted octanol–water partition coefficient (Wildman–Crippen LogP) is 3.35. The highest BCUT2D eigenvalue weighted by molar-refractivity contribution is 5.78. The minimum Gasteiger partial charge on any atom is -0.497 e. The van der Waals surface area contributed by atoms with E-state index in [9.17, 15) is 9.18 Å². The second kappa shape index (κ2) is 7.61. The van der Waals surface area contributed by atoms with Crippen LogP contribution in [0.4, 0.5) is 4.39 Å². The van der Waals surface area contributed by atoms with Crippen LogP contribution in [-0.4, -0.2) is 18.2 Å². The number of aromatic nitrogens is 1. The van der Waals surface area contributed by atoms with E-state index in [-0.39, 0.29) is 18.1 Å². The van der Waals surface area contributed by atoms with Crippen LogP contribution >= 0.6 is 0 Å². The average Bonchev–Trinajstić information content (AvgIpc) is 3.09. The lowest BCUT2D eigenvalue weighted by Gasteiger charge is -2.05. The van der Waals surface area contributed by atoms with Gasteiger partial charge in [0.05, 0.1) is 19.2 Å². The predicted molar refractivity (Wildman–Crippen MR) is 90.4 cm³/mol. The number of halogens is 1. The molecule has 3 rings (SSSR count). The summed E-state index contributed by atoms with van der Waals surface area (Å²) in [7, 11) is 1.61. The SMILES string of the molecule is COc1ccc(CNC(=O)Cc2cc(-c3ccc(F)cc3)on2)cc1. The van der Waals surface area contributed by atoms with Crippen molar-refractivity contribution >= 4 is 5.91 Å². The van der Waals surface area contributed by atoms with E-state index in [0.717, 1.165) is 11.3 Å². The van der Waals surface area contributed by atoms with Gasteiger partial charge >= 0.3 is 0 Å². The van der Waals surface area contributed by atoms with E-state index >= 15 is 0 Å². The van der Waals surface area contributed by atoms with Crippen molar-refractivity contribution in [3.05, 3.63) is 71.7 Å². The molecule has 3 aromatic rings. The van der Waals surface area contributed by atoms with Gasteiger partial charge in [-0.1, -0.05) is 17.3 Å². The monoisotopic (exact) mass is 340 g/mol. The number of nitrogens with one attached hydrogen (secondary N) is 1. The molecule has 0 saturated heterocycles. The molecule has 0 aliphatic rings. The van der Waals surface area contributed by atoms with Gasteiger partial charge in [-0.25, -0.2) is 4.39 Å². The molecule has 5 nitrogen and oxygen atoms in total. The lowest BCUT2D eigenvalue weighted by Crippen LogP contribution is -2.24. The summed E-state index contributed by atoms with van der Waals surface area (Å²) in [6, 6.07) is 15.0. The van der Waals surface area contributed by atoms with E-state index in [4.69, 9.17) is 9.26 Å². The summed E-state index contributed by atoms with van der Waals surface area (Å²) < 4.78 is 23.2. The largest absolute Gasteiger partial charge is 0.497 e. The molecule has 1 aromatic heterocycles. The number of rotatable bonds is 6. The van der Waals surface area contributed by atoms with Crippen LogP contribution in [0.3, 0.4) is 0 Å². The number of methoxy groups -OCH3 is 1. The molecule has 1 heterocycles. The van der Waals surface area contributed by atoms with Gasteiger partial charge in [-0.3, -0.25) is 4.79 Å². The van der Waals surface area contributed by atoms with Crippen LogP contribution in [0, 0.1) is 5.82 Å². The van der Waals surface area contributed by atoms with Crippen molar-refractivity contribution in [1.29, 1.82) is 0 Å². The molecule has 2 aromatic carbocycles. The zero-order valence-electron chi connectivity index (χ0n) is 13.7. The maximum atomic E-state index is 12.9. The van der Waals surface area contributed by atoms with Gasteiger partial charge in [-0.05, 0) is 42.0 Å². The molecule has 0 saturated carbocycles. The highest BCUT2D eigenvalue weighted by atomic mass is 19.1. The number of ether oxygens (including phenoxy) is 1. The molecule has 0 unspecified atom stereocenters. The van der Waals surface area contributed by atoms with Gasteiger partial charge in [0.15, 0.2) is 5.76 Å². The standard InChI is InChI=1S/C19H17FN2O3/c1-24-17-8-2-13(3-9-17)12-21-19(23)11-16-10-18(25-22-16)14-4-6-15(20)7-5-14/h2-10H,11-12H2,1H3,(H,21,23). The summed E-state index contributed by atoms with van der Waals surface area (Å²) in [6.45, 7) is 0.422. The number of hydrogen-bond acceptors (Lipinski definition) is 4. The number of hydrogen-bond donors (Lipinski definition) is 1. The molecule has 0 radical (unpaired) electrons. The van der Waals surface area contributed by atoms with E-state index in [2.05, 4.69) is 10.5 Å². The van der Waals surface area contributed by atoms with Crippen molar-refractivity contribution in [1.82, 2.24) is 10.5 Å². The van der Waals surface area contributed by atoms with Crippen LogP contribution in [0.2, 0.25) is 0 Å². The molecular weight excluding hydrogens is 323 g/mol. The Labute approximate surface area is 144 Å². The van der Waals surface area contributed by atoms with Crippen LogP contribution in [0.15, 0.2) is 59.1 Å². The van der Waals surface area contributed by atoms with Gasteiger partial charge in [0.1, 0.15) is 11.6 Å². The van der Waals surface area contributed by atoms with Crippen LogP contribution in [0.5, 0.6) is 5.75 Å². The Hall–Kier alpha value is -3.15. The summed E-state index contributed by atoms with van der Waals surface area (Å²) in [5.74, 6) is 0.792. The van der Waals surface area contributed by atoms with Gasteiger partial charge in [-0.15, -0.1) is 0 Å². The van der Waals surface area contributed by atoms with Gasteiger partial charge in [0.25, 0.3) is 0 Å². The van der Waals surface area contributed by atoms with Crippen LogP contribution in [0.1, 0.15) is 11.3 Å². The van der Waals surface area contributed by atoms with E-state index in [1.54, 1.807) is 25.3 Å². The number of nitrogens with zero attached hydrogens (tertiary/aromatic N) is 1. The Morgan fingerprint density at radius 3 is 2.56 bits per heavy atom. The molecule has 0 spiro atoms. The Balaban J connectivity index is 1.55. The molecule has 25 heavy (non-hydrogen) atoms. The van der Waals surface area contributed by atoms with E-state index in [1.807, 2.05) is 24.3 Å². The molecule has 0 atom stereocenters. The lowest BCUT2D eigenvalue weighted by molar-refractivity contribution is -0.120. The van der Waals surface area contributed by atoms with Crippen molar-refractivity contribution in [2.75, 3.05) is 7.11 Å². The fraction of sp³-hybridized carbons (Fsp3) is 0.158. The first kappa shape index (κ1) is 16.7. The number of benzene rings is 2. The molecule has 0 aliphatic carbocycles. The Kier molecular flexibility index (Phi) is 5.09. The Morgan fingerprint density at radius 2 is 1.88 bits per heavy atom. The summed E-state index contributed by atoms with van der Waals surface area (Å²) >= 11 is 0. The molecule has 1 N–H and O–H groups in total. The Bertz CT molecular complexity index is 842. The fourth-order valence-electron chi connectivity index (χ4n) is 2.32. The van der Waals surface area contributed by atoms with Crippen molar-refractivity contribution in [3.8, 4) is 17.1 Å².